The average Bonchev–Trinajstić information content (AvgIpc) is 2.28. The molecule has 1 atom stereocenters. The Labute approximate surface area is 110 Å². The highest BCUT2D eigenvalue weighted by molar-refractivity contribution is 6.32. The molecule has 1 aromatic rings. The van der Waals surface area contributed by atoms with Crippen LogP contribution in [0.4, 0.5) is 0 Å². The smallest absolute Gasteiger partial charge is 0.308 e. The lowest BCUT2D eigenvalue weighted by molar-refractivity contribution is -0.142. The lowest BCUT2D eigenvalue weighted by atomic mass is 9.96. The van der Waals surface area contributed by atoms with E-state index in [-0.39, 0.29) is 23.2 Å². The van der Waals surface area contributed by atoms with Crippen molar-refractivity contribution in [1.29, 1.82) is 0 Å². The molecule has 1 amide bonds. The molecule has 0 spiro atoms. The normalized spacial score (nSPS) is 12.2. The molecule has 6 heteroatoms. The molecule has 0 radical (unpaired) electrons. The number of carboxylic acids is 1. The zero-order valence-electron chi connectivity index (χ0n) is 10.2. The first-order valence-corrected chi connectivity index (χ1v) is 5.92. The van der Waals surface area contributed by atoms with E-state index in [4.69, 9.17) is 16.7 Å². The second kappa shape index (κ2) is 6.35. The average molecular weight is 271 g/mol. The standard InChI is InChI=1S/C12H15ClN2O3/c1-7(2)9(12(17)18)6-15-11(16)8-4-3-5-14-10(8)13/h3-5,7,9H,6H2,1-2H3,(H,15,16)(H,17,18). The molecule has 0 aliphatic rings. The van der Waals surface area contributed by atoms with Gasteiger partial charge >= 0.3 is 5.97 Å². The molecule has 98 valence electrons. The Balaban J connectivity index is 2.66. The molecule has 1 heterocycles. The maximum absolute atomic E-state index is 11.8. The van der Waals surface area contributed by atoms with E-state index in [1.807, 2.05) is 0 Å². The van der Waals surface area contributed by atoms with E-state index in [0.717, 1.165) is 0 Å². The minimum atomic E-state index is -0.928. The Morgan fingerprint density at radius 1 is 1.50 bits per heavy atom. The first-order valence-electron chi connectivity index (χ1n) is 5.55. The molecule has 0 fully saturated rings. The topological polar surface area (TPSA) is 79.3 Å². The summed E-state index contributed by atoms with van der Waals surface area (Å²) in [4.78, 5) is 26.5. The van der Waals surface area contributed by atoms with E-state index in [1.54, 1.807) is 19.9 Å². The molecule has 0 aliphatic heterocycles. The fourth-order valence-electron chi connectivity index (χ4n) is 1.46. The van der Waals surface area contributed by atoms with Crippen molar-refractivity contribution >= 4 is 23.5 Å². The number of carbonyl (C=O) groups is 2. The quantitative estimate of drug-likeness (QED) is 0.800. The third kappa shape index (κ3) is 3.70. The van der Waals surface area contributed by atoms with E-state index in [0.29, 0.717) is 0 Å². The van der Waals surface area contributed by atoms with Gasteiger partial charge in [0.05, 0.1) is 11.5 Å². The van der Waals surface area contributed by atoms with Gasteiger partial charge in [0.15, 0.2) is 0 Å². The van der Waals surface area contributed by atoms with Crippen molar-refractivity contribution in [3.8, 4) is 0 Å². The van der Waals surface area contributed by atoms with Gasteiger partial charge in [-0.2, -0.15) is 0 Å². The van der Waals surface area contributed by atoms with Crippen LogP contribution in [0.3, 0.4) is 0 Å². The van der Waals surface area contributed by atoms with Crippen LogP contribution in [0.1, 0.15) is 24.2 Å². The summed E-state index contributed by atoms with van der Waals surface area (Å²) < 4.78 is 0. The number of amides is 1. The number of pyridine rings is 1. The van der Waals surface area contributed by atoms with E-state index in [1.165, 1.54) is 12.3 Å². The van der Waals surface area contributed by atoms with Crippen LogP contribution in [0.15, 0.2) is 18.3 Å². The predicted molar refractivity (Wildman–Crippen MR) is 67.5 cm³/mol. The van der Waals surface area contributed by atoms with Crippen LogP contribution in [-0.4, -0.2) is 28.5 Å². The van der Waals surface area contributed by atoms with Crippen molar-refractivity contribution in [3.63, 3.8) is 0 Å². The Hall–Kier alpha value is -1.62. The van der Waals surface area contributed by atoms with Crippen molar-refractivity contribution in [3.05, 3.63) is 29.0 Å². The summed E-state index contributed by atoms with van der Waals surface area (Å²) in [6, 6.07) is 3.13. The van der Waals surface area contributed by atoms with Crippen molar-refractivity contribution in [1.82, 2.24) is 10.3 Å². The number of nitrogens with one attached hydrogen (secondary N) is 1. The molecular formula is C12H15ClN2O3. The summed E-state index contributed by atoms with van der Waals surface area (Å²) in [6.45, 7) is 3.65. The van der Waals surface area contributed by atoms with Crippen molar-refractivity contribution in [2.75, 3.05) is 6.54 Å². The first kappa shape index (κ1) is 14.4. The predicted octanol–water partition coefficient (Wildman–Crippen LogP) is 1.82. The monoisotopic (exact) mass is 270 g/mol. The number of hydrogen-bond acceptors (Lipinski definition) is 3. The number of rotatable bonds is 5. The van der Waals surface area contributed by atoms with E-state index < -0.39 is 17.8 Å². The number of hydrogen-bond donors (Lipinski definition) is 2. The van der Waals surface area contributed by atoms with Crippen LogP contribution in [-0.2, 0) is 4.79 Å². The Morgan fingerprint density at radius 3 is 2.67 bits per heavy atom. The first-order chi connectivity index (χ1) is 8.43. The zero-order valence-corrected chi connectivity index (χ0v) is 10.9. The third-order valence-electron chi connectivity index (χ3n) is 2.61. The maximum atomic E-state index is 11.8. The molecule has 18 heavy (non-hydrogen) atoms. The molecule has 0 saturated carbocycles. The minimum absolute atomic E-state index is 0.0628. The van der Waals surface area contributed by atoms with Gasteiger partial charge in [0.1, 0.15) is 5.15 Å². The highest BCUT2D eigenvalue weighted by Crippen LogP contribution is 2.13. The number of aliphatic carboxylic acids is 1. The van der Waals surface area contributed by atoms with Crippen LogP contribution in [0.25, 0.3) is 0 Å². The van der Waals surface area contributed by atoms with Crippen molar-refractivity contribution < 1.29 is 14.7 Å². The van der Waals surface area contributed by atoms with Crippen LogP contribution in [0.2, 0.25) is 5.15 Å². The van der Waals surface area contributed by atoms with Gasteiger partial charge in [0, 0.05) is 12.7 Å². The number of carbonyl (C=O) groups excluding carboxylic acids is 1. The Kier molecular flexibility index (Phi) is 5.09. The SMILES string of the molecule is CC(C)C(CNC(=O)c1cccnc1Cl)C(=O)O. The second-order valence-corrected chi connectivity index (χ2v) is 4.60. The molecule has 0 aliphatic carbocycles. The van der Waals surface area contributed by atoms with Gasteiger partial charge in [-0.3, -0.25) is 9.59 Å². The molecule has 1 rings (SSSR count). The number of aromatic nitrogens is 1. The fourth-order valence-corrected chi connectivity index (χ4v) is 1.67. The summed E-state index contributed by atoms with van der Waals surface area (Å²) in [6.07, 6.45) is 1.48. The van der Waals surface area contributed by atoms with Crippen LogP contribution in [0, 0.1) is 11.8 Å². The molecule has 0 aromatic carbocycles. The second-order valence-electron chi connectivity index (χ2n) is 4.24. The van der Waals surface area contributed by atoms with Gasteiger partial charge in [-0.1, -0.05) is 25.4 Å². The molecule has 0 bridgehead atoms. The highest BCUT2D eigenvalue weighted by Gasteiger charge is 2.22. The largest absolute Gasteiger partial charge is 0.481 e. The van der Waals surface area contributed by atoms with Crippen LogP contribution < -0.4 is 5.32 Å². The van der Waals surface area contributed by atoms with Crippen LogP contribution in [0.5, 0.6) is 0 Å². The molecule has 1 aromatic heterocycles. The van der Waals surface area contributed by atoms with E-state index >= 15 is 0 Å². The van der Waals surface area contributed by atoms with E-state index in [2.05, 4.69) is 10.3 Å². The van der Waals surface area contributed by atoms with Gasteiger partial charge in [0.25, 0.3) is 5.91 Å². The summed E-state index contributed by atoms with van der Waals surface area (Å²) in [5, 5.41) is 11.7. The van der Waals surface area contributed by atoms with Gasteiger partial charge in [-0.15, -0.1) is 0 Å². The minimum Gasteiger partial charge on any atom is -0.481 e. The van der Waals surface area contributed by atoms with Gasteiger partial charge < -0.3 is 10.4 Å². The molecule has 1 unspecified atom stereocenters. The summed E-state index contributed by atoms with van der Waals surface area (Å²) in [5.74, 6) is -2.03. The van der Waals surface area contributed by atoms with Gasteiger partial charge in [-0.25, -0.2) is 4.98 Å². The van der Waals surface area contributed by atoms with Crippen molar-refractivity contribution in [2.45, 2.75) is 13.8 Å². The van der Waals surface area contributed by atoms with Crippen LogP contribution >= 0.6 is 11.6 Å². The molecule has 0 saturated heterocycles. The Bertz CT molecular complexity index is 449. The maximum Gasteiger partial charge on any atom is 0.308 e. The summed E-state index contributed by atoms with van der Waals surface area (Å²) >= 11 is 5.77. The lowest BCUT2D eigenvalue weighted by Gasteiger charge is -2.16. The summed E-state index contributed by atoms with van der Waals surface area (Å²) in [7, 11) is 0. The third-order valence-corrected chi connectivity index (χ3v) is 2.91. The molecule has 2 N–H and O–H groups in total. The number of carboxylic acid groups (broad SMARTS) is 1. The lowest BCUT2D eigenvalue weighted by Crippen LogP contribution is -2.35. The number of nitrogens with zero attached hydrogens (tertiary/aromatic N) is 1. The van der Waals surface area contributed by atoms with Gasteiger partial charge in [-0.05, 0) is 18.1 Å². The molecular weight excluding hydrogens is 256 g/mol. The van der Waals surface area contributed by atoms with Gasteiger partial charge in [0.2, 0.25) is 0 Å². The van der Waals surface area contributed by atoms with Crippen molar-refractivity contribution in [2.24, 2.45) is 11.8 Å². The van der Waals surface area contributed by atoms with E-state index in [9.17, 15) is 9.59 Å². The highest BCUT2D eigenvalue weighted by atomic mass is 35.5. The zero-order chi connectivity index (χ0) is 13.7. The fraction of sp³-hybridized carbons (Fsp3) is 0.417. The number of halogens is 1. The molecule has 5 nitrogen and oxygen atoms in total. The Morgan fingerprint density at radius 2 is 2.17 bits per heavy atom. The summed E-state index contributed by atoms with van der Waals surface area (Å²) in [5.41, 5.74) is 0.243.